The highest BCUT2D eigenvalue weighted by molar-refractivity contribution is 6.32. The molecule has 0 fully saturated rings. The average molecular weight is 420 g/mol. The van der Waals surface area contributed by atoms with Crippen molar-refractivity contribution < 1.29 is 26.7 Å². The molecule has 146 valence electrons. The molecule has 0 unspecified atom stereocenters. The van der Waals surface area contributed by atoms with Crippen LogP contribution in [0.15, 0.2) is 46.0 Å². The summed E-state index contributed by atoms with van der Waals surface area (Å²) in [6.45, 7) is 0. The Balaban J connectivity index is 2.13. The number of pyridine rings is 1. The Kier molecular flexibility index (Phi) is 4.94. The number of aromatic nitrogens is 3. The standard InChI is InChI=1S/C16H7ClF5N3O3/c17-7-4-8(18)9(5-10(7)28-13-3-1-2-12(19)24-13)25-14(26)6-11(16(20,21)22)23-15(25)27/h1-6H,(H,23,27). The minimum atomic E-state index is -4.98. The van der Waals surface area contributed by atoms with E-state index in [1.807, 2.05) is 0 Å². The van der Waals surface area contributed by atoms with E-state index < -0.39 is 40.6 Å². The second kappa shape index (κ2) is 7.08. The molecule has 0 saturated carbocycles. The third-order valence-corrected chi connectivity index (χ3v) is 3.68. The highest BCUT2D eigenvalue weighted by Crippen LogP contribution is 2.32. The van der Waals surface area contributed by atoms with Gasteiger partial charge in [-0.05, 0) is 12.1 Å². The van der Waals surface area contributed by atoms with Crippen molar-refractivity contribution in [3.8, 4) is 17.3 Å². The van der Waals surface area contributed by atoms with Crippen molar-refractivity contribution in [2.45, 2.75) is 6.18 Å². The van der Waals surface area contributed by atoms with E-state index in [0.717, 1.165) is 12.1 Å². The summed E-state index contributed by atoms with van der Waals surface area (Å²) in [5.74, 6) is -2.65. The van der Waals surface area contributed by atoms with Crippen LogP contribution in [0.4, 0.5) is 22.0 Å². The van der Waals surface area contributed by atoms with Crippen molar-refractivity contribution in [3.05, 3.63) is 79.7 Å². The fraction of sp³-hybridized carbons (Fsp3) is 0.0625. The van der Waals surface area contributed by atoms with E-state index in [9.17, 15) is 31.5 Å². The number of aromatic amines is 1. The van der Waals surface area contributed by atoms with E-state index in [-0.39, 0.29) is 27.3 Å². The van der Waals surface area contributed by atoms with Crippen molar-refractivity contribution in [2.24, 2.45) is 0 Å². The molecule has 12 heteroatoms. The third kappa shape index (κ3) is 3.88. The quantitative estimate of drug-likeness (QED) is 0.519. The van der Waals surface area contributed by atoms with Gasteiger partial charge in [-0.25, -0.2) is 13.8 Å². The van der Waals surface area contributed by atoms with E-state index >= 15 is 0 Å². The number of nitrogens with zero attached hydrogens (tertiary/aromatic N) is 2. The van der Waals surface area contributed by atoms with Crippen LogP contribution in [0.2, 0.25) is 5.02 Å². The van der Waals surface area contributed by atoms with E-state index in [1.54, 1.807) is 0 Å². The molecule has 28 heavy (non-hydrogen) atoms. The summed E-state index contributed by atoms with van der Waals surface area (Å²) in [6, 6.07) is 5.12. The van der Waals surface area contributed by atoms with Crippen LogP contribution in [0.3, 0.4) is 0 Å². The molecule has 6 nitrogen and oxygen atoms in total. The van der Waals surface area contributed by atoms with Gasteiger partial charge in [0.25, 0.3) is 5.56 Å². The van der Waals surface area contributed by atoms with Crippen molar-refractivity contribution in [1.82, 2.24) is 14.5 Å². The number of hydrogen-bond acceptors (Lipinski definition) is 4. The fourth-order valence-electron chi connectivity index (χ4n) is 2.20. The maximum Gasteiger partial charge on any atom is 0.431 e. The Morgan fingerprint density at radius 3 is 2.43 bits per heavy atom. The van der Waals surface area contributed by atoms with Crippen LogP contribution < -0.4 is 16.0 Å². The van der Waals surface area contributed by atoms with Crippen LogP contribution in [0.5, 0.6) is 11.6 Å². The van der Waals surface area contributed by atoms with Crippen LogP contribution in [-0.2, 0) is 6.18 Å². The number of H-pyrrole nitrogens is 1. The van der Waals surface area contributed by atoms with Gasteiger partial charge < -0.3 is 9.72 Å². The second-order valence-corrected chi connectivity index (χ2v) is 5.70. The Morgan fingerprint density at radius 2 is 1.82 bits per heavy atom. The summed E-state index contributed by atoms with van der Waals surface area (Å²) in [7, 11) is 0. The summed E-state index contributed by atoms with van der Waals surface area (Å²) in [5, 5.41) is -0.316. The van der Waals surface area contributed by atoms with Crippen LogP contribution in [0.1, 0.15) is 5.69 Å². The molecule has 3 aromatic rings. The van der Waals surface area contributed by atoms with Crippen molar-refractivity contribution in [1.29, 1.82) is 0 Å². The van der Waals surface area contributed by atoms with E-state index in [1.165, 1.54) is 17.1 Å². The first kappa shape index (κ1) is 19.5. The lowest BCUT2D eigenvalue weighted by Gasteiger charge is -2.12. The number of benzene rings is 1. The zero-order chi connectivity index (χ0) is 20.6. The Labute approximate surface area is 156 Å². The first-order valence-corrected chi connectivity index (χ1v) is 7.67. The van der Waals surface area contributed by atoms with Gasteiger partial charge in [-0.2, -0.15) is 22.5 Å². The lowest BCUT2D eigenvalue weighted by Crippen LogP contribution is -2.36. The highest BCUT2D eigenvalue weighted by Gasteiger charge is 2.33. The molecule has 0 saturated heterocycles. The summed E-state index contributed by atoms with van der Waals surface area (Å²) in [6.07, 6.45) is -4.98. The van der Waals surface area contributed by atoms with Crippen molar-refractivity contribution >= 4 is 11.6 Å². The molecule has 2 aromatic heterocycles. The van der Waals surface area contributed by atoms with E-state index in [2.05, 4.69) is 4.98 Å². The first-order chi connectivity index (χ1) is 13.1. The zero-order valence-corrected chi connectivity index (χ0v) is 14.1. The molecule has 1 aromatic carbocycles. The minimum Gasteiger partial charge on any atom is -0.437 e. The van der Waals surface area contributed by atoms with Gasteiger partial charge in [-0.1, -0.05) is 17.7 Å². The van der Waals surface area contributed by atoms with Crippen LogP contribution >= 0.6 is 11.6 Å². The molecular weight excluding hydrogens is 413 g/mol. The number of hydrogen-bond donors (Lipinski definition) is 1. The van der Waals surface area contributed by atoms with Gasteiger partial charge in [-0.3, -0.25) is 4.79 Å². The van der Waals surface area contributed by atoms with Crippen molar-refractivity contribution in [3.63, 3.8) is 0 Å². The average Bonchev–Trinajstić information content (AvgIpc) is 2.57. The predicted molar refractivity (Wildman–Crippen MR) is 86.9 cm³/mol. The van der Waals surface area contributed by atoms with E-state index in [4.69, 9.17) is 16.3 Å². The molecule has 0 radical (unpaired) electrons. The number of halogens is 6. The second-order valence-electron chi connectivity index (χ2n) is 5.29. The van der Waals surface area contributed by atoms with Crippen LogP contribution in [0.25, 0.3) is 5.69 Å². The summed E-state index contributed by atoms with van der Waals surface area (Å²) >= 11 is 5.83. The SMILES string of the molecule is O=c1cc(C(F)(F)F)[nH]c(=O)n1-c1cc(Oc2cccc(F)n2)c(Cl)cc1F. The highest BCUT2D eigenvalue weighted by atomic mass is 35.5. The minimum absolute atomic E-state index is 0.101. The van der Waals surface area contributed by atoms with Crippen LogP contribution in [-0.4, -0.2) is 14.5 Å². The molecule has 1 N–H and O–H groups in total. The molecule has 3 rings (SSSR count). The summed E-state index contributed by atoms with van der Waals surface area (Å²) in [4.78, 5) is 28.8. The number of rotatable bonds is 3. The molecule has 0 aliphatic rings. The van der Waals surface area contributed by atoms with E-state index in [0.29, 0.717) is 6.07 Å². The molecule has 2 heterocycles. The Hall–Kier alpha value is -3.21. The van der Waals surface area contributed by atoms with Gasteiger partial charge in [0.2, 0.25) is 11.8 Å². The van der Waals surface area contributed by atoms with Gasteiger partial charge in [0.05, 0.1) is 10.7 Å². The molecule has 0 aliphatic heterocycles. The number of ether oxygens (including phenoxy) is 1. The Morgan fingerprint density at radius 1 is 1.11 bits per heavy atom. The first-order valence-electron chi connectivity index (χ1n) is 7.29. The zero-order valence-electron chi connectivity index (χ0n) is 13.4. The van der Waals surface area contributed by atoms with Crippen molar-refractivity contribution in [2.75, 3.05) is 0 Å². The number of alkyl halides is 3. The summed E-state index contributed by atoms with van der Waals surface area (Å²) < 4.78 is 70.8. The Bertz CT molecular complexity index is 1140. The monoisotopic (exact) mass is 419 g/mol. The smallest absolute Gasteiger partial charge is 0.431 e. The molecule has 0 atom stereocenters. The summed E-state index contributed by atoms with van der Waals surface area (Å²) in [5.41, 5.74) is -5.28. The van der Waals surface area contributed by atoms with Gasteiger partial charge >= 0.3 is 11.9 Å². The topological polar surface area (TPSA) is 77.0 Å². The normalized spacial score (nSPS) is 11.5. The molecule has 0 aliphatic carbocycles. The lowest BCUT2D eigenvalue weighted by atomic mass is 10.2. The number of nitrogens with one attached hydrogen (secondary N) is 1. The lowest BCUT2D eigenvalue weighted by molar-refractivity contribution is -0.141. The molecule has 0 bridgehead atoms. The largest absolute Gasteiger partial charge is 0.437 e. The third-order valence-electron chi connectivity index (χ3n) is 3.38. The van der Waals surface area contributed by atoms with Crippen LogP contribution in [0, 0.1) is 11.8 Å². The molecule has 0 spiro atoms. The van der Waals surface area contributed by atoms with Gasteiger partial charge in [-0.15, -0.1) is 0 Å². The van der Waals surface area contributed by atoms with Gasteiger partial charge in [0, 0.05) is 18.2 Å². The molecule has 0 amide bonds. The fourth-order valence-corrected chi connectivity index (χ4v) is 2.39. The maximum absolute atomic E-state index is 14.3. The van der Waals surface area contributed by atoms with Gasteiger partial charge in [0.1, 0.15) is 17.3 Å². The molecular formula is C16H7ClF5N3O3. The van der Waals surface area contributed by atoms with Gasteiger partial charge in [0.15, 0.2) is 0 Å². The predicted octanol–water partition coefficient (Wildman–Crippen LogP) is 3.66. The maximum atomic E-state index is 14.3.